The average Bonchev–Trinajstić information content (AvgIpc) is 2.54. The molecular weight excluding hydrogens is 284 g/mol. The van der Waals surface area contributed by atoms with Crippen LogP contribution in [0, 0.1) is 0 Å². The van der Waals surface area contributed by atoms with E-state index < -0.39 is 0 Å². The zero-order valence-electron chi connectivity index (χ0n) is 12.8. The Morgan fingerprint density at radius 3 is 2.50 bits per heavy atom. The van der Waals surface area contributed by atoms with Crippen molar-refractivity contribution in [3.05, 3.63) is 18.0 Å². The highest BCUT2D eigenvalue weighted by Crippen LogP contribution is 2.33. The molecule has 0 amide bonds. The van der Waals surface area contributed by atoms with Crippen molar-refractivity contribution in [1.29, 1.82) is 0 Å². The Bertz CT molecular complexity index is 671. The highest BCUT2D eigenvalue weighted by Gasteiger charge is 2.15. The molecule has 0 unspecified atom stereocenters. The Morgan fingerprint density at radius 2 is 1.82 bits per heavy atom. The molecule has 1 aliphatic heterocycles. The number of aromatic nitrogens is 2. The number of hydrogen-bond donors (Lipinski definition) is 1. The molecule has 1 aromatic carbocycles. The number of anilines is 1. The Morgan fingerprint density at radius 1 is 1.14 bits per heavy atom. The number of fused-ring (bicyclic) bond motifs is 1. The van der Waals surface area contributed by atoms with Gasteiger partial charge in [0.15, 0.2) is 11.5 Å². The molecule has 0 bridgehead atoms. The number of morpholine rings is 1. The topological polar surface area (TPSA) is 82.7 Å². The first-order chi connectivity index (χ1) is 10.7. The van der Waals surface area contributed by atoms with Gasteiger partial charge in [-0.25, -0.2) is 9.97 Å². The van der Waals surface area contributed by atoms with E-state index in [1.807, 2.05) is 12.1 Å². The van der Waals surface area contributed by atoms with Crippen LogP contribution in [0.3, 0.4) is 0 Å². The lowest BCUT2D eigenvalue weighted by molar-refractivity contribution is 0.0331. The second kappa shape index (κ2) is 6.33. The fraction of sp³-hybridized carbons (Fsp3) is 0.467. The third-order valence-electron chi connectivity index (χ3n) is 3.75. The van der Waals surface area contributed by atoms with Crippen LogP contribution in [0.1, 0.15) is 5.82 Å². The molecule has 1 aliphatic rings. The van der Waals surface area contributed by atoms with E-state index in [9.17, 15) is 0 Å². The first-order valence-corrected chi connectivity index (χ1v) is 7.19. The van der Waals surface area contributed by atoms with Crippen molar-refractivity contribution in [3.63, 3.8) is 0 Å². The second-order valence-corrected chi connectivity index (χ2v) is 5.14. The molecule has 2 N–H and O–H groups in total. The largest absolute Gasteiger partial charge is 0.493 e. The molecule has 0 saturated carbocycles. The standard InChI is InChI=1S/C15H20N4O3/c1-20-12-7-10-11(8-13(12)21-2)17-14(18-15(10)16)9-19-3-5-22-6-4-19/h7-8H,3-6,9H2,1-2H3,(H2,16,17,18). The van der Waals surface area contributed by atoms with Crippen molar-refractivity contribution in [2.45, 2.75) is 6.54 Å². The maximum atomic E-state index is 6.09. The van der Waals surface area contributed by atoms with Crippen LogP contribution in [0.15, 0.2) is 12.1 Å². The minimum absolute atomic E-state index is 0.453. The Hall–Kier alpha value is -2.12. The van der Waals surface area contributed by atoms with Crippen LogP contribution in [0.2, 0.25) is 0 Å². The SMILES string of the molecule is COc1cc2nc(CN3CCOCC3)nc(N)c2cc1OC. The van der Waals surface area contributed by atoms with Gasteiger partial charge in [0, 0.05) is 24.5 Å². The van der Waals surface area contributed by atoms with Crippen molar-refractivity contribution in [2.75, 3.05) is 46.3 Å². The first-order valence-electron chi connectivity index (χ1n) is 7.19. The molecule has 22 heavy (non-hydrogen) atoms. The highest BCUT2D eigenvalue weighted by atomic mass is 16.5. The molecular formula is C15H20N4O3. The molecule has 0 spiro atoms. The lowest BCUT2D eigenvalue weighted by Gasteiger charge is -2.25. The number of nitrogens with zero attached hydrogens (tertiary/aromatic N) is 3. The molecule has 7 heteroatoms. The monoisotopic (exact) mass is 304 g/mol. The van der Waals surface area contributed by atoms with E-state index >= 15 is 0 Å². The van der Waals surface area contributed by atoms with Crippen LogP contribution < -0.4 is 15.2 Å². The van der Waals surface area contributed by atoms with Gasteiger partial charge in [0.2, 0.25) is 0 Å². The zero-order chi connectivity index (χ0) is 15.5. The summed E-state index contributed by atoms with van der Waals surface area (Å²) in [5.41, 5.74) is 6.84. The molecule has 0 aliphatic carbocycles. The maximum absolute atomic E-state index is 6.09. The van der Waals surface area contributed by atoms with E-state index in [2.05, 4.69) is 14.9 Å². The maximum Gasteiger partial charge on any atom is 0.162 e. The molecule has 0 atom stereocenters. The smallest absolute Gasteiger partial charge is 0.162 e. The molecule has 3 rings (SSSR count). The fourth-order valence-electron chi connectivity index (χ4n) is 2.56. The number of nitrogen functional groups attached to an aromatic ring is 1. The van der Waals surface area contributed by atoms with Crippen molar-refractivity contribution in [2.24, 2.45) is 0 Å². The molecule has 1 fully saturated rings. The third-order valence-corrected chi connectivity index (χ3v) is 3.75. The number of benzene rings is 1. The van der Waals surface area contributed by atoms with Crippen LogP contribution >= 0.6 is 0 Å². The van der Waals surface area contributed by atoms with Crippen molar-refractivity contribution >= 4 is 16.7 Å². The van der Waals surface area contributed by atoms with Gasteiger partial charge in [-0.15, -0.1) is 0 Å². The van der Waals surface area contributed by atoms with Crippen molar-refractivity contribution < 1.29 is 14.2 Å². The highest BCUT2D eigenvalue weighted by molar-refractivity contribution is 5.90. The Kier molecular flexibility index (Phi) is 4.26. The quantitative estimate of drug-likeness (QED) is 0.904. The number of nitrogens with two attached hydrogens (primary N) is 1. The predicted octanol–water partition coefficient (Wildman–Crippen LogP) is 1.06. The van der Waals surface area contributed by atoms with Crippen LogP contribution in [0.25, 0.3) is 10.9 Å². The van der Waals surface area contributed by atoms with Gasteiger partial charge in [0.1, 0.15) is 11.6 Å². The molecule has 1 aromatic heterocycles. The van der Waals surface area contributed by atoms with Gasteiger partial charge in [-0.3, -0.25) is 4.90 Å². The number of hydrogen-bond acceptors (Lipinski definition) is 7. The number of rotatable bonds is 4. The fourth-order valence-corrected chi connectivity index (χ4v) is 2.56. The molecule has 0 radical (unpaired) electrons. The Balaban J connectivity index is 1.96. The predicted molar refractivity (Wildman–Crippen MR) is 83.2 cm³/mol. The summed E-state index contributed by atoms with van der Waals surface area (Å²) < 4.78 is 16.0. The normalized spacial score (nSPS) is 15.9. The minimum atomic E-state index is 0.453. The summed E-state index contributed by atoms with van der Waals surface area (Å²) in [6.07, 6.45) is 0. The van der Waals surface area contributed by atoms with Gasteiger partial charge in [-0.05, 0) is 6.07 Å². The van der Waals surface area contributed by atoms with Gasteiger partial charge in [0.25, 0.3) is 0 Å². The Labute approximate surface area is 129 Å². The first kappa shape index (κ1) is 14.8. The van der Waals surface area contributed by atoms with Crippen LogP contribution in [-0.4, -0.2) is 55.4 Å². The summed E-state index contributed by atoms with van der Waals surface area (Å²) in [5.74, 6) is 2.41. The summed E-state index contributed by atoms with van der Waals surface area (Å²) in [7, 11) is 3.19. The van der Waals surface area contributed by atoms with Crippen molar-refractivity contribution in [1.82, 2.24) is 14.9 Å². The van der Waals surface area contributed by atoms with E-state index in [-0.39, 0.29) is 0 Å². The second-order valence-electron chi connectivity index (χ2n) is 5.14. The lowest BCUT2D eigenvalue weighted by atomic mass is 10.2. The summed E-state index contributed by atoms with van der Waals surface area (Å²) in [5, 5.41) is 0.767. The summed E-state index contributed by atoms with van der Waals surface area (Å²) in [6.45, 7) is 3.92. The van der Waals surface area contributed by atoms with Crippen LogP contribution in [0.5, 0.6) is 11.5 Å². The van der Waals surface area contributed by atoms with E-state index in [4.69, 9.17) is 19.9 Å². The third kappa shape index (κ3) is 2.90. The lowest BCUT2D eigenvalue weighted by Crippen LogP contribution is -2.36. The van der Waals surface area contributed by atoms with E-state index in [1.165, 1.54) is 0 Å². The molecule has 7 nitrogen and oxygen atoms in total. The van der Waals surface area contributed by atoms with E-state index in [0.29, 0.717) is 29.7 Å². The van der Waals surface area contributed by atoms with Crippen LogP contribution in [-0.2, 0) is 11.3 Å². The van der Waals surface area contributed by atoms with Gasteiger partial charge < -0.3 is 19.9 Å². The van der Waals surface area contributed by atoms with Crippen molar-refractivity contribution in [3.8, 4) is 11.5 Å². The van der Waals surface area contributed by atoms with Gasteiger partial charge in [0.05, 0.1) is 39.5 Å². The molecule has 2 aromatic rings. The molecule has 2 heterocycles. The minimum Gasteiger partial charge on any atom is -0.493 e. The van der Waals surface area contributed by atoms with Gasteiger partial charge in [-0.2, -0.15) is 0 Å². The summed E-state index contributed by atoms with van der Waals surface area (Å²) in [4.78, 5) is 11.3. The number of ether oxygens (including phenoxy) is 3. The number of methoxy groups -OCH3 is 2. The van der Waals surface area contributed by atoms with E-state index in [1.54, 1.807) is 14.2 Å². The van der Waals surface area contributed by atoms with Gasteiger partial charge >= 0.3 is 0 Å². The summed E-state index contributed by atoms with van der Waals surface area (Å²) >= 11 is 0. The molecule has 1 saturated heterocycles. The van der Waals surface area contributed by atoms with Crippen LogP contribution in [0.4, 0.5) is 5.82 Å². The zero-order valence-corrected chi connectivity index (χ0v) is 12.8. The van der Waals surface area contributed by atoms with E-state index in [0.717, 1.165) is 37.2 Å². The molecule has 118 valence electrons. The average molecular weight is 304 g/mol. The summed E-state index contributed by atoms with van der Waals surface area (Å²) in [6, 6.07) is 3.64. The van der Waals surface area contributed by atoms with Gasteiger partial charge in [-0.1, -0.05) is 0 Å².